The maximum absolute atomic E-state index is 11.4. The number of benzene rings is 1. The van der Waals surface area contributed by atoms with Gasteiger partial charge in [0.1, 0.15) is 0 Å². The van der Waals surface area contributed by atoms with Gasteiger partial charge in [0.25, 0.3) is 0 Å². The smallest absolute Gasteiger partial charge is 0.304 e. The molecule has 4 nitrogen and oxygen atoms in total. The molecule has 1 aromatic carbocycles. The van der Waals surface area contributed by atoms with Crippen LogP contribution in [0.4, 0.5) is 0 Å². The van der Waals surface area contributed by atoms with Crippen LogP contribution in [0, 0.1) is 0 Å². The topological polar surface area (TPSA) is 80.4 Å². The lowest BCUT2D eigenvalue weighted by Gasteiger charge is -2.18. The fourth-order valence-corrected chi connectivity index (χ4v) is 1.89. The Morgan fingerprint density at radius 3 is 2.18 bits per heavy atom. The zero-order chi connectivity index (χ0) is 13.0. The summed E-state index contributed by atoms with van der Waals surface area (Å²) in [6.07, 6.45) is -0.265. The lowest BCUT2D eigenvalue weighted by molar-refractivity contribution is -0.139. The highest BCUT2D eigenvalue weighted by Gasteiger charge is 2.24. The predicted molar refractivity (Wildman–Crippen MR) is 64.7 cm³/mol. The van der Waals surface area contributed by atoms with Crippen LogP contribution in [-0.2, 0) is 9.59 Å². The minimum atomic E-state index is -1.02. The molecule has 0 bridgehead atoms. The van der Waals surface area contributed by atoms with Gasteiger partial charge >= 0.3 is 5.97 Å². The van der Waals surface area contributed by atoms with Crippen molar-refractivity contribution in [3.8, 4) is 0 Å². The summed E-state index contributed by atoms with van der Waals surface area (Å²) in [6.45, 7) is 4.00. The molecule has 0 aliphatic rings. The number of carbonyl (C=O) groups excluding carboxylic acids is 1. The highest BCUT2D eigenvalue weighted by atomic mass is 16.4. The maximum atomic E-state index is 11.4. The summed E-state index contributed by atoms with van der Waals surface area (Å²) in [6, 6.07) is 7.34. The highest BCUT2D eigenvalue weighted by molar-refractivity contribution is 5.86. The number of aliphatic carboxylic acids is 1. The van der Waals surface area contributed by atoms with Crippen LogP contribution >= 0.6 is 0 Å². The highest BCUT2D eigenvalue weighted by Crippen LogP contribution is 2.28. The number of nitrogens with two attached hydrogens (primary N) is 1. The molecule has 3 N–H and O–H groups in total. The van der Waals surface area contributed by atoms with E-state index in [9.17, 15) is 9.59 Å². The van der Waals surface area contributed by atoms with Gasteiger partial charge in [-0.2, -0.15) is 0 Å². The molecule has 4 heteroatoms. The van der Waals surface area contributed by atoms with Crippen LogP contribution in [0.1, 0.15) is 43.2 Å². The predicted octanol–water partition coefficient (Wildman–Crippen LogP) is 1.85. The lowest BCUT2D eigenvalue weighted by Crippen LogP contribution is -2.25. The summed E-state index contributed by atoms with van der Waals surface area (Å²) >= 11 is 0. The van der Waals surface area contributed by atoms with E-state index in [1.54, 1.807) is 12.1 Å². The number of hydrogen-bond acceptors (Lipinski definition) is 2. The van der Waals surface area contributed by atoms with Crippen molar-refractivity contribution in [3.63, 3.8) is 0 Å². The van der Waals surface area contributed by atoms with Crippen molar-refractivity contribution in [2.45, 2.75) is 32.1 Å². The van der Waals surface area contributed by atoms with E-state index >= 15 is 0 Å². The third-order valence-electron chi connectivity index (χ3n) is 2.72. The standard InChI is InChI=1S/C13H17NO3/c1-8(2)9-5-3-4-6-10(9)11(13(14)17)7-12(15)16/h3-6,8,11H,7H2,1-2H3,(H2,14,17)(H,15,16). The van der Waals surface area contributed by atoms with E-state index in [2.05, 4.69) is 0 Å². The van der Waals surface area contributed by atoms with Crippen molar-refractivity contribution in [2.75, 3.05) is 0 Å². The Labute approximate surface area is 100 Å². The molecule has 0 saturated heterocycles. The number of hydrogen-bond donors (Lipinski definition) is 2. The average molecular weight is 235 g/mol. The van der Waals surface area contributed by atoms with Gasteiger partial charge in [0, 0.05) is 0 Å². The summed E-state index contributed by atoms with van der Waals surface area (Å²) in [4.78, 5) is 22.1. The van der Waals surface area contributed by atoms with Crippen molar-refractivity contribution in [3.05, 3.63) is 35.4 Å². The molecular weight excluding hydrogens is 218 g/mol. The molecule has 0 aliphatic carbocycles. The minimum Gasteiger partial charge on any atom is -0.481 e. The van der Waals surface area contributed by atoms with Gasteiger partial charge < -0.3 is 10.8 Å². The summed E-state index contributed by atoms with van der Waals surface area (Å²) in [5.41, 5.74) is 6.97. The van der Waals surface area contributed by atoms with Crippen LogP contribution in [0.25, 0.3) is 0 Å². The Hall–Kier alpha value is -1.84. The second kappa shape index (κ2) is 5.48. The van der Waals surface area contributed by atoms with E-state index in [-0.39, 0.29) is 12.3 Å². The first-order chi connectivity index (χ1) is 7.93. The number of carboxylic acids is 1. The number of rotatable bonds is 5. The number of amides is 1. The van der Waals surface area contributed by atoms with E-state index in [1.807, 2.05) is 26.0 Å². The third kappa shape index (κ3) is 3.31. The maximum Gasteiger partial charge on any atom is 0.304 e. The second-order valence-corrected chi connectivity index (χ2v) is 4.34. The van der Waals surface area contributed by atoms with Gasteiger partial charge in [0.15, 0.2) is 0 Å². The summed E-state index contributed by atoms with van der Waals surface area (Å²) < 4.78 is 0. The van der Waals surface area contributed by atoms with E-state index < -0.39 is 17.8 Å². The molecule has 0 radical (unpaired) electrons. The van der Waals surface area contributed by atoms with Crippen molar-refractivity contribution >= 4 is 11.9 Å². The normalized spacial score (nSPS) is 12.4. The zero-order valence-corrected chi connectivity index (χ0v) is 10.0. The first kappa shape index (κ1) is 13.2. The van der Waals surface area contributed by atoms with Gasteiger partial charge in [0.05, 0.1) is 12.3 Å². The van der Waals surface area contributed by atoms with E-state index in [1.165, 1.54) is 0 Å². The molecule has 0 saturated carbocycles. The molecule has 1 unspecified atom stereocenters. The average Bonchev–Trinajstić information content (AvgIpc) is 2.25. The first-order valence-electron chi connectivity index (χ1n) is 5.53. The SMILES string of the molecule is CC(C)c1ccccc1C(CC(=O)O)C(N)=O. The second-order valence-electron chi connectivity index (χ2n) is 4.34. The molecule has 1 atom stereocenters. The molecule has 0 fully saturated rings. The number of carboxylic acid groups (broad SMARTS) is 1. The Bertz CT molecular complexity index is 426. The Balaban J connectivity index is 3.18. The zero-order valence-electron chi connectivity index (χ0n) is 10.0. The fraction of sp³-hybridized carbons (Fsp3) is 0.385. The molecule has 0 heterocycles. The van der Waals surface area contributed by atoms with Crippen LogP contribution in [0.2, 0.25) is 0 Å². The molecule has 0 aromatic heterocycles. The summed E-state index contributed by atoms with van der Waals surface area (Å²) in [5.74, 6) is -2.15. The Morgan fingerprint density at radius 1 is 1.24 bits per heavy atom. The molecule has 0 spiro atoms. The first-order valence-corrected chi connectivity index (χ1v) is 5.53. The van der Waals surface area contributed by atoms with Crippen LogP contribution in [-0.4, -0.2) is 17.0 Å². The van der Waals surface area contributed by atoms with E-state index in [0.717, 1.165) is 11.1 Å². The van der Waals surface area contributed by atoms with Crippen LogP contribution < -0.4 is 5.73 Å². The van der Waals surface area contributed by atoms with Crippen molar-refractivity contribution in [1.82, 2.24) is 0 Å². The van der Waals surface area contributed by atoms with Crippen LogP contribution in [0.5, 0.6) is 0 Å². The van der Waals surface area contributed by atoms with Gasteiger partial charge in [0.2, 0.25) is 5.91 Å². The van der Waals surface area contributed by atoms with Gasteiger partial charge in [-0.1, -0.05) is 38.1 Å². The Morgan fingerprint density at radius 2 is 1.76 bits per heavy atom. The summed E-state index contributed by atoms with van der Waals surface area (Å²) in [5, 5.41) is 8.82. The van der Waals surface area contributed by atoms with E-state index in [4.69, 9.17) is 10.8 Å². The molecule has 0 aliphatic heterocycles. The molecule has 1 amide bonds. The van der Waals surface area contributed by atoms with Crippen LogP contribution in [0.3, 0.4) is 0 Å². The van der Waals surface area contributed by atoms with Crippen molar-refractivity contribution in [1.29, 1.82) is 0 Å². The largest absolute Gasteiger partial charge is 0.481 e. The summed E-state index contributed by atoms with van der Waals surface area (Å²) in [7, 11) is 0. The monoisotopic (exact) mass is 235 g/mol. The molecule has 1 aromatic rings. The van der Waals surface area contributed by atoms with Crippen molar-refractivity contribution < 1.29 is 14.7 Å². The number of carbonyl (C=O) groups is 2. The molecule has 92 valence electrons. The third-order valence-corrected chi connectivity index (χ3v) is 2.72. The van der Waals surface area contributed by atoms with Gasteiger partial charge in [-0.25, -0.2) is 0 Å². The van der Waals surface area contributed by atoms with Gasteiger partial charge in [-0.15, -0.1) is 0 Å². The molecule has 17 heavy (non-hydrogen) atoms. The lowest BCUT2D eigenvalue weighted by atomic mass is 9.87. The quantitative estimate of drug-likeness (QED) is 0.817. The van der Waals surface area contributed by atoms with Crippen LogP contribution in [0.15, 0.2) is 24.3 Å². The Kier molecular flexibility index (Phi) is 4.26. The minimum absolute atomic E-state index is 0.224. The van der Waals surface area contributed by atoms with E-state index in [0.29, 0.717) is 0 Å². The molecular formula is C13H17NO3. The van der Waals surface area contributed by atoms with Crippen molar-refractivity contribution in [2.24, 2.45) is 5.73 Å². The van der Waals surface area contributed by atoms with Gasteiger partial charge in [-0.05, 0) is 17.0 Å². The molecule has 1 rings (SSSR count). The number of primary amides is 1. The van der Waals surface area contributed by atoms with Gasteiger partial charge in [-0.3, -0.25) is 9.59 Å². The fourth-order valence-electron chi connectivity index (χ4n) is 1.89.